The van der Waals surface area contributed by atoms with Crippen molar-refractivity contribution in [2.75, 3.05) is 12.3 Å². The second-order valence-electron chi connectivity index (χ2n) is 3.56. The fourth-order valence-electron chi connectivity index (χ4n) is 1.54. The lowest BCUT2D eigenvalue weighted by molar-refractivity contribution is 0.0423. The smallest absolute Gasteiger partial charge is 0.195 e. The first-order valence-corrected chi connectivity index (χ1v) is 5.56. The molecule has 88 valence electrons. The summed E-state index contributed by atoms with van der Waals surface area (Å²) in [6.07, 6.45) is 4.28. The number of carbonyl (C=O) groups excluding carboxylic acids is 1. The van der Waals surface area contributed by atoms with E-state index in [-0.39, 0.29) is 5.78 Å². The Kier molecular flexibility index (Phi) is 4.92. The zero-order chi connectivity index (χ0) is 12.0. The van der Waals surface area contributed by atoms with Crippen LogP contribution in [0.4, 0.5) is 5.69 Å². The summed E-state index contributed by atoms with van der Waals surface area (Å²) in [5.41, 5.74) is 6.65. The van der Waals surface area contributed by atoms with Crippen molar-refractivity contribution in [3.8, 4) is 0 Å². The number of hydrogen-bond donors (Lipinski definition) is 1. The average molecular weight is 222 g/mol. The molecule has 0 saturated carbocycles. The summed E-state index contributed by atoms with van der Waals surface area (Å²) in [7, 11) is 0. The van der Waals surface area contributed by atoms with Crippen molar-refractivity contribution in [3.63, 3.8) is 0 Å². The molecule has 4 nitrogen and oxygen atoms in total. The number of nitrogen functional groups attached to an aromatic ring is 1. The molecule has 4 heteroatoms. The summed E-state index contributed by atoms with van der Waals surface area (Å²) in [5, 5.41) is 0. The zero-order valence-electron chi connectivity index (χ0n) is 9.77. The summed E-state index contributed by atoms with van der Waals surface area (Å²) >= 11 is 0. The Labute approximate surface area is 95.8 Å². The molecule has 0 aliphatic carbocycles. The highest BCUT2D eigenvalue weighted by atomic mass is 16.5. The Morgan fingerprint density at radius 3 is 2.88 bits per heavy atom. The Hall–Kier alpha value is -1.42. The number of nitrogens with two attached hydrogens (primary N) is 1. The molecule has 0 aliphatic rings. The van der Waals surface area contributed by atoms with Crippen molar-refractivity contribution in [1.82, 2.24) is 4.98 Å². The van der Waals surface area contributed by atoms with Crippen LogP contribution in [0, 0.1) is 0 Å². The van der Waals surface area contributed by atoms with E-state index >= 15 is 0 Å². The molecular weight excluding hydrogens is 204 g/mol. The van der Waals surface area contributed by atoms with Gasteiger partial charge in [-0.15, -0.1) is 0 Å². The first kappa shape index (κ1) is 12.6. The SMILES string of the molecule is CCCC(OCC)C(=O)c1cnccc1N. The van der Waals surface area contributed by atoms with Gasteiger partial charge in [-0.2, -0.15) is 0 Å². The molecule has 2 N–H and O–H groups in total. The lowest BCUT2D eigenvalue weighted by Gasteiger charge is -2.15. The van der Waals surface area contributed by atoms with Crippen LogP contribution in [-0.4, -0.2) is 23.5 Å². The zero-order valence-corrected chi connectivity index (χ0v) is 9.77. The van der Waals surface area contributed by atoms with Gasteiger partial charge in [-0.3, -0.25) is 9.78 Å². The molecule has 1 unspecified atom stereocenters. The number of Topliss-reactive ketones (excluding diaryl/α,β-unsaturated/α-hetero) is 1. The van der Waals surface area contributed by atoms with Gasteiger partial charge in [0.15, 0.2) is 5.78 Å². The van der Waals surface area contributed by atoms with Gasteiger partial charge in [-0.25, -0.2) is 0 Å². The highest BCUT2D eigenvalue weighted by Crippen LogP contribution is 2.15. The number of hydrogen-bond acceptors (Lipinski definition) is 4. The third-order valence-electron chi connectivity index (χ3n) is 2.33. The topological polar surface area (TPSA) is 65.2 Å². The Bertz CT molecular complexity index is 347. The van der Waals surface area contributed by atoms with Crippen LogP contribution < -0.4 is 5.73 Å². The van der Waals surface area contributed by atoms with Crippen LogP contribution in [0.1, 0.15) is 37.0 Å². The van der Waals surface area contributed by atoms with Gasteiger partial charge >= 0.3 is 0 Å². The summed E-state index contributed by atoms with van der Waals surface area (Å²) in [4.78, 5) is 16.0. The number of rotatable bonds is 6. The molecule has 16 heavy (non-hydrogen) atoms. The van der Waals surface area contributed by atoms with Gasteiger partial charge in [0.05, 0.1) is 5.56 Å². The fraction of sp³-hybridized carbons (Fsp3) is 0.500. The molecule has 1 heterocycles. The van der Waals surface area contributed by atoms with Gasteiger partial charge in [0.2, 0.25) is 0 Å². The second kappa shape index (κ2) is 6.23. The van der Waals surface area contributed by atoms with Crippen LogP contribution in [0.5, 0.6) is 0 Å². The van der Waals surface area contributed by atoms with E-state index in [9.17, 15) is 4.79 Å². The number of ketones is 1. The van der Waals surface area contributed by atoms with Crippen LogP contribution in [0.25, 0.3) is 0 Å². The van der Waals surface area contributed by atoms with Crippen LogP contribution in [0.15, 0.2) is 18.5 Å². The van der Waals surface area contributed by atoms with Crippen molar-refractivity contribution in [2.24, 2.45) is 0 Å². The maximum atomic E-state index is 12.1. The monoisotopic (exact) mass is 222 g/mol. The molecule has 0 aliphatic heterocycles. The first-order valence-electron chi connectivity index (χ1n) is 5.56. The minimum absolute atomic E-state index is 0.0747. The lowest BCUT2D eigenvalue weighted by Crippen LogP contribution is -2.25. The van der Waals surface area contributed by atoms with E-state index < -0.39 is 6.10 Å². The maximum Gasteiger partial charge on any atom is 0.195 e. The normalized spacial score (nSPS) is 12.4. The van der Waals surface area contributed by atoms with Gasteiger partial charge in [0.1, 0.15) is 6.10 Å². The number of ether oxygens (including phenoxy) is 1. The molecule has 0 saturated heterocycles. The van der Waals surface area contributed by atoms with Crippen molar-refractivity contribution in [3.05, 3.63) is 24.0 Å². The van der Waals surface area contributed by atoms with E-state index in [1.807, 2.05) is 13.8 Å². The van der Waals surface area contributed by atoms with E-state index in [1.165, 1.54) is 6.20 Å². The molecule has 0 radical (unpaired) electrons. The van der Waals surface area contributed by atoms with E-state index in [2.05, 4.69) is 4.98 Å². The van der Waals surface area contributed by atoms with Crippen LogP contribution in [0.3, 0.4) is 0 Å². The number of anilines is 1. The summed E-state index contributed by atoms with van der Waals surface area (Å²) in [6, 6.07) is 1.63. The average Bonchev–Trinajstić information content (AvgIpc) is 2.28. The molecule has 1 aromatic heterocycles. The number of pyridine rings is 1. The summed E-state index contributed by atoms with van der Waals surface area (Å²) in [6.45, 7) is 4.42. The maximum absolute atomic E-state index is 12.1. The Balaban J connectivity index is 2.85. The lowest BCUT2D eigenvalue weighted by atomic mass is 10.0. The van der Waals surface area contributed by atoms with Crippen LogP contribution >= 0.6 is 0 Å². The highest BCUT2D eigenvalue weighted by Gasteiger charge is 2.21. The molecular formula is C12H18N2O2. The second-order valence-corrected chi connectivity index (χ2v) is 3.56. The number of nitrogens with zero attached hydrogens (tertiary/aromatic N) is 1. The van der Waals surface area contributed by atoms with Gasteiger partial charge in [0, 0.05) is 24.7 Å². The predicted octanol–water partition coefficient (Wildman–Crippen LogP) is 2.05. The Morgan fingerprint density at radius 2 is 2.31 bits per heavy atom. The molecule has 1 rings (SSSR count). The summed E-state index contributed by atoms with van der Waals surface area (Å²) in [5.74, 6) is -0.0747. The van der Waals surface area contributed by atoms with Crippen molar-refractivity contribution >= 4 is 11.5 Å². The third-order valence-corrected chi connectivity index (χ3v) is 2.33. The largest absolute Gasteiger partial charge is 0.398 e. The standard InChI is InChI=1S/C12H18N2O2/c1-3-5-11(16-4-2)12(15)9-8-14-7-6-10(9)13/h6-8,11H,3-5H2,1-2H3,(H2,13,14). The Morgan fingerprint density at radius 1 is 1.56 bits per heavy atom. The molecule has 0 amide bonds. The van der Waals surface area contributed by atoms with Crippen molar-refractivity contribution in [1.29, 1.82) is 0 Å². The van der Waals surface area contributed by atoms with Crippen LogP contribution in [0.2, 0.25) is 0 Å². The number of carbonyl (C=O) groups is 1. The van der Waals surface area contributed by atoms with E-state index in [0.29, 0.717) is 24.3 Å². The minimum Gasteiger partial charge on any atom is -0.398 e. The molecule has 0 bridgehead atoms. The molecule has 1 atom stereocenters. The van der Waals surface area contributed by atoms with E-state index in [1.54, 1.807) is 12.3 Å². The van der Waals surface area contributed by atoms with Gasteiger partial charge in [0.25, 0.3) is 0 Å². The molecule has 1 aromatic rings. The highest BCUT2D eigenvalue weighted by molar-refractivity contribution is 6.03. The number of aromatic nitrogens is 1. The first-order chi connectivity index (χ1) is 7.70. The van der Waals surface area contributed by atoms with E-state index in [0.717, 1.165) is 6.42 Å². The molecule has 0 fully saturated rings. The van der Waals surface area contributed by atoms with Gasteiger partial charge in [-0.1, -0.05) is 13.3 Å². The minimum atomic E-state index is -0.401. The third kappa shape index (κ3) is 3.03. The molecule has 0 spiro atoms. The van der Waals surface area contributed by atoms with E-state index in [4.69, 9.17) is 10.5 Å². The van der Waals surface area contributed by atoms with Gasteiger partial charge < -0.3 is 10.5 Å². The quantitative estimate of drug-likeness (QED) is 0.748. The van der Waals surface area contributed by atoms with Crippen LogP contribution in [-0.2, 0) is 4.74 Å². The molecule has 0 aromatic carbocycles. The summed E-state index contributed by atoms with van der Waals surface area (Å²) < 4.78 is 5.42. The van der Waals surface area contributed by atoms with Crippen molar-refractivity contribution < 1.29 is 9.53 Å². The fourth-order valence-corrected chi connectivity index (χ4v) is 1.54. The van der Waals surface area contributed by atoms with Crippen molar-refractivity contribution in [2.45, 2.75) is 32.8 Å². The van der Waals surface area contributed by atoms with Gasteiger partial charge in [-0.05, 0) is 19.4 Å². The predicted molar refractivity (Wildman–Crippen MR) is 63.3 cm³/mol.